The largest absolute Gasteiger partial charge is 0.496 e. The Balaban J connectivity index is 2.22. The van der Waals surface area contributed by atoms with Crippen LogP contribution in [0.25, 0.3) is 10.9 Å². The molecule has 1 aromatic carbocycles. The van der Waals surface area contributed by atoms with Crippen LogP contribution in [0.2, 0.25) is 0 Å². The summed E-state index contributed by atoms with van der Waals surface area (Å²) in [5.74, 6) is -0.0292. The van der Waals surface area contributed by atoms with Crippen molar-refractivity contribution in [3.05, 3.63) is 30.0 Å². The molecule has 106 valence electrons. The van der Waals surface area contributed by atoms with Crippen molar-refractivity contribution in [3.63, 3.8) is 0 Å². The van der Waals surface area contributed by atoms with E-state index in [0.717, 1.165) is 35.7 Å². The summed E-state index contributed by atoms with van der Waals surface area (Å²) in [7, 11) is 1.61. The summed E-state index contributed by atoms with van der Waals surface area (Å²) in [5.41, 5.74) is 0.996. The monoisotopic (exact) mass is 273 g/mol. The number of H-pyrrole nitrogens is 1. The minimum absolute atomic E-state index is 0.689. The number of carboxylic acid groups (broad SMARTS) is 1. The number of aromatic nitrogens is 1. The van der Waals surface area contributed by atoms with E-state index in [1.165, 1.54) is 0 Å². The van der Waals surface area contributed by atoms with Gasteiger partial charge in [-0.2, -0.15) is 0 Å². The Morgan fingerprint density at radius 3 is 2.65 bits per heavy atom. The molecule has 0 bridgehead atoms. The molecule has 0 saturated heterocycles. The van der Waals surface area contributed by atoms with Crippen LogP contribution in [0, 0.1) is 0 Å². The normalized spacial score (nSPS) is 18.1. The highest BCUT2D eigenvalue weighted by molar-refractivity contribution is 5.91. The second kappa shape index (κ2) is 4.85. The van der Waals surface area contributed by atoms with Gasteiger partial charge in [-0.25, -0.2) is 0 Å². The molecule has 3 rings (SSSR count). The summed E-state index contributed by atoms with van der Waals surface area (Å²) in [6.07, 6.45) is 6.26. The number of fused-ring (bicyclic) bond motifs is 1. The van der Waals surface area contributed by atoms with E-state index in [2.05, 4.69) is 4.98 Å². The van der Waals surface area contributed by atoms with Gasteiger partial charge in [-0.3, -0.25) is 4.79 Å². The maximum Gasteiger partial charge on any atom is 0.314 e. The minimum atomic E-state index is -0.797. The number of hydrogen-bond acceptors (Lipinski definition) is 2. The Hall–Kier alpha value is -1.97. The maximum absolute atomic E-state index is 12.0. The molecular weight excluding hydrogens is 254 g/mol. The van der Waals surface area contributed by atoms with Crippen molar-refractivity contribution in [2.24, 2.45) is 0 Å². The zero-order chi connectivity index (χ0) is 14.2. The molecule has 1 fully saturated rings. The van der Waals surface area contributed by atoms with E-state index in [1.54, 1.807) is 7.11 Å². The first kappa shape index (κ1) is 13.0. The lowest BCUT2D eigenvalue weighted by molar-refractivity contribution is -0.145. The second-order valence-corrected chi connectivity index (χ2v) is 5.53. The Labute approximate surface area is 117 Å². The van der Waals surface area contributed by atoms with E-state index in [4.69, 9.17) is 4.74 Å². The van der Waals surface area contributed by atoms with E-state index >= 15 is 0 Å². The first-order chi connectivity index (χ1) is 9.69. The number of benzene rings is 1. The van der Waals surface area contributed by atoms with Gasteiger partial charge in [-0.05, 0) is 25.0 Å². The van der Waals surface area contributed by atoms with Crippen LogP contribution in [0.1, 0.15) is 37.7 Å². The fraction of sp³-hybridized carbons (Fsp3) is 0.438. The summed E-state index contributed by atoms with van der Waals surface area (Å²) in [6, 6.07) is 5.81. The van der Waals surface area contributed by atoms with Gasteiger partial charge in [-0.15, -0.1) is 0 Å². The molecule has 2 aromatic rings. The molecule has 1 saturated carbocycles. The van der Waals surface area contributed by atoms with Crippen molar-refractivity contribution >= 4 is 16.9 Å². The summed E-state index contributed by atoms with van der Waals surface area (Å²) < 4.78 is 5.56. The number of nitrogens with one attached hydrogen (secondary N) is 1. The fourth-order valence-electron chi connectivity index (χ4n) is 3.46. The van der Waals surface area contributed by atoms with Crippen molar-refractivity contribution in [1.29, 1.82) is 0 Å². The Bertz CT molecular complexity index is 638. The van der Waals surface area contributed by atoms with Crippen LogP contribution in [0.5, 0.6) is 5.75 Å². The Morgan fingerprint density at radius 1 is 1.25 bits per heavy atom. The molecule has 1 aliphatic rings. The molecule has 1 aromatic heterocycles. The Morgan fingerprint density at radius 2 is 2.00 bits per heavy atom. The summed E-state index contributed by atoms with van der Waals surface area (Å²) in [6.45, 7) is 0. The zero-order valence-corrected chi connectivity index (χ0v) is 11.6. The highest BCUT2D eigenvalue weighted by atomic mass is 16.5. The number of aromatic amines is 1. The van der Waals surface area contributed by atoms with Gasteiger partial charge in [0.15, 0.2) is 0 Å². The predicted octanol–water partition coefficient (Wildman–Crippen LogP) is 3.46. The number of aliphatic carboxylic acids is 1. The SMILES string of the molecule is COc1c(C2(C(=O)O)CCCCC2)ccc2[nH]ccc12. The highest BCUT2D eigenvalue weighted by Crippen LogP contribution is 2.45. The van der Waals surface area contributed by atoms with E-state index in [1.807, 2.05) is 24.4 Å². The summed E-state index contributed by atoms with van der Waals surface area (Å²) >= 11 is 0. The van der Waals surface area contributed by atoms with Gasteiger partial charge in [0.2, 0.25) is 0 Å². The van der Waals surface area contributed by atoms with Gasteiger partial charge in [0.1, 0.15) is 5.75 Å². The van der Waals surface area contributed by atoms with Crippen molar-refractivity contribution < 1.29 is 14.6 Å². The molecule has 4 heteroatoms. The average molecular weight is 273 g/mol. The third kappa shape index (κ3) is 1.79. The number of methoxy groups -OCH3 is 1. The van der Waals surface area contributed by atoms with Crippen LogP contribution < -0.4 is 4.74 Å². The molecule has 1 heterocycles. The third-order valence-electron chi connectivity index (χ3n) is 4.52. The zero-order valence-electron chi connectivity index (χ0n) is 11.6. The molecule has 0 amide bonds. The van der Waals surface area contributed by atoms with Crippen LogP contribution in [0.4, 0.5) is 0 Å². The lowest BCUT2D eigenvalue weighted by Crippen LogP contribution is -2.38. The van der Waals surface area contributed by atoms with Crippen LogP contribution in [0.3, 0.4) is 0 Å². The van der Waals surface area contributed by atoms with Gasteiger partial charge in [-0.1, -0.05) is 25.3 Å². The molecular formula is C16H19NO3. The molecule has 0 radical (unpaired) electrons. The van der Waals surface area contributed by atoms with Crippen LogP contribution in [-0.4, -0.2) is 23.2 Å². The molecule has 20 heavy (non-hydrogen) atoms. The lowest BCUT2D eigenvalue weighted by Gasteiger charge is -2.34. The van der Waals surface area contributed by atoms with E-state index < -0.39 is 11.4 Å². The number of ether oxygens (including phenoxy) is 1. The van der Waals surface area contributed by atoms with Crippen molar-refractivity contribution in [3.8, 4) is 5.75 Å². The smallest absolute Gasteiger partial charge is 0.314 e. The van der Waals surface area contributed by atoms with Crippen molar-refractivity contribution in [2.45, 2.75) is 37.5 Å². The van der Waals surface area contributed by atoms with Crippen molar-refractivity contribution in [1.82, 2.24) is 4.98 Å². The molecule has 2 N–H and O–H groups in total. The van der Waals surface area contributed by atoms with Gasteiger partial charge >= 0.3 is 5.97 Å². The molecule has 4 nitrogen and oxygen atoms in total. The average Bonchev–Trinajstić information content (AvgIpc) is 2.95. The second-order valence-electron chi connectivity index (χ2n) is 5.53. The van der Waals surface area contributed by atoms with E-state index in [9.17, 15) is 9.90 Å². The number of hydrogen-bond donors (Lipinski definition) is 2. The first-order valence-corrected chi connectivity index (χ1v) is 7.07. The van der Waals surface area contributed by atoms with Crippen LogP contribution in [-0.2, 0) is 10.2 Å². The maximum atomic E-state index is 12.0. The number of carboxylic acids is 1. The summed E-state index contributed by atoms with van der Waals surface area (Å²) in [5, 5.41) is 10.8. The standard InChI is InChI=1S/C16H19NO3/c1-20-14-11-7-10-17-13(11)6-5-12(14)16(15(18)19)8-3-2-4-9-16/h5-7,10,17H,2-4,8-9H2,1H3,(H,18,19). The lowest BCUT2D eigenvalue weighted by atomic mass is 9.69. The van der Waals surface area contributed by atoms with E-state index in [0.29, 0.717) is 18.6 Å². The number of carbonyl (C=O) groups is 1. The molecule has 0 spiro atoms. The van der Waals surface area contributed by atoms with Crippen LogP contribution in [0.15, 0.2) is 24.4 Å². The minimum Gasteiger partial charge on any atom is -0.496 e. The van der Waals surface area contributed by atoms with Gasteiger partial charge in [0.05, 0.1) is 12.5 Å². The quantitative estimate of drug-likeness (QED) is 0.900. The topological polar surface area (TPSA) is 62.3 Å². The molecule has 0 unspecified atom stereocenters. The van der Waals surface area contributed by atoms with E-state index in [-0.39, 0.29) is 0 Å². The fourth-order valence-corrected chi connectivity index (χ4v) is 3.46. The third-order valence-corrected chi connectivity index (χ3v) is 4.52. The van der Waals surface area contributed by atoms with Gasteiger partial charge < -0.3 is 14.8 Å². The number of rotatable bonds is 3. The molecule has 0 aliphatic heterocycles. The Kier molecular flexibility index (Phi) is 3.16. The molecule has 0 atom stereocenters. The predicted molar refractivity (Wildman–Crippen MR) is 77.2 cm³/mol. The first-order valence-electron chi connectivity index (χ1n) is 7.07. The highest BCUT2D eigenvalue weighted by Gasteiger charge is 2.43. The van der Waals surface area contributed by atoms with Crippen LogP contribution >= 0.6 is 0 Å². The van der Waals surface area contributed by atoms with Gasteiger partial charge in [0, 0.05) is 22.7 Å². The summed E-state index contributed by atoms with van der Waals surface area (Å²) in [4.78, 5) is 15.1. The van der Waals surface area contributed by atoms with Crippen molar-refractivity contribution in [2.75, 3.05) is 7.11 Å². The van der Waals surface area contributed by atoms with Gasteiger partial charge in [0.25, 0.3) is 0 Å². The molecule has 1 aliphatic carbocycles.